The van der Waals surface area contributed by atoms with Crippen molar-refractivity contribution < 1.29 is 8.78 Å². The SMILES string of the molecule is NNC(=S)NCC(F)F. The van der Waals surface area contributed by atoms with Crippen LogP contribution in [0.4, 0.5) is 8.78 Å². The third kappa shape index (κ3) is 5.38. The van der Waals surface area contributed by atoms with Gasteiger partial charge >= 0.3 is 0 Å². The molecule has 0 bridgehead atoms. The molecule has 0 aromatic rings. The van der Waals surface area contributed by atoms with Gasteiger partial charge in [-0.3, -0.25) is 0 Å². The van der Waals surface area contributed by atoms with Crippen LogP contribution in [0.1, 0.15) is 0 Å². The van der Waals surface area contributed by atoms with E-state index in [1.165, 1.54) is 0 Å². The van der Waals surface area contributed by atoms with E-state index < -0.39 is 13.0 Å². The van der Waals surface area contributed by atoms with Gasteiger partial charge in [-0.25, -0.2) is 14.6 Å². The predicted molar refractivity (Wildman–Crippen MR) is 33.9 cm³/mol. The Bertz CT molecular complexity index is 97.1. The lowest BCUT2D eigenvalue weighted by atomic mass is 10.7. The van der Waals surface area contributed by atoms with E-state index in [2.05, 4.69) is 17.5 Å². The molecule has 0 saturated heterocycles. The number of hydrogen-bond donors (Lipinski definition) is 3. The Labute approximate surface area is 56.6 Å². The van der Waals surface area contributed by atoms with Crippen LogP contribution in [-0.2, 0) is 0 Å². The minimum Gasteiger partial charge on any atom is -0.356 e. The van der Waals surface area contributed by atoms with Gasteiger partial charge in [0, 0.05) is 0 Å². The number of alkyl halides is 2. The number of halogens is 2. The molecule has 0 rings (SSSR count). The fraction of sp³-hybridized carbons (Fsp3) is 0.667. The molecule has 0 atom stereocenters. The number of nitrogens with two attached hydrogens (primary N) is 1. The lowest BCUT2D eigenvalue weighted by molar-refractivity contribution is 0.152. The van der Waals surface area contributed by atoms with Crippen LogP contribution in [0.5, 0.6) is 0 Å². The monoisotopic (exact) mass is 155 g/mol. The van der Waals surface area contributed by atoms with Gasteiger partial charge in [0.25, 0.3) is 6.43 Å². The molecule has 0 aliphatic carbocycles. The largest absolute Gasteiger partial charge is 0.356 e. The zero-order valence-electron chi connectivity index (χ0n) is 4.53. The molecule has 0 aromatic carbocycles. The fourth-order valence-electron chi connectivity index (χ4n) is 0.221. The Hall–Kier alpha value is -0.490. The molecule has 0 amide bonds. The molecular weight excluding hydrogens is 148 g/mol. The maximum absolute atomic E-state index is 11.3. The van der Waals surface area contributed by atoms with Gasteiger partial charge < -0.3 is 10.7 Å². The molecule has 0 heterocycles. The van der Waals surface area contributed by atoms with Crippen molar-refractivity contribution in [1.29, 1.82) is 0 Å². The Morgan fingerprint density at radius 2 is 2.22 bits per heavy atom. The van der Waals surface area contributed by atoms with Crippen LogP contribution < -0.4 is 16.6 Å². The number of hydrazine groups is 1. The average molecular weight is 155 g/mol. The number of thiocarbonyl (C=S) groups is 1. The summed E-state index contributed by atoms with van der Waals surface area (Å²) in [5.74, 6) is 4.76. The Morgan fingerprint density at radius 1 is 1.67 bits per heavy atom. The molecule has 54 valence electrons. The molecule has 0 saturated carbocycles. The zero-order chi connectivity index (χ0) is 7.28. The van der Waals surface area contributed by atoms with Crippen LogP contribution >= 0.6 is 12.2 Å². The van der Waals surface area contributed by atoms with Gasteiger partial charge in [0.1, 0.15) is 0 Å². The topological polar surface area (TPSA) is 50.1 Å². The van der Waals surface area contributed by atoms with Crippen LogP contribution in [0.2, 0.25) is 0 Å². The maximum atomic E-state index is 11.3. The van der Waals surface area contributed by atoms with E-state index in [0.29, 0.717) is 0 Å². The molecule has 0 radical (unpaired) electrons. The molecule has 0 aliphatic rings. The van der Waals surface area contributed by atoms with E-state index in [-0.39, 0.29) is 5.11 Å². The van der Waals surface area contributed by atoms with Crippen molar-refractivity contribution in [3.8, 4) is 0 Å². The Kier molecular flexibility index (Phi) is 4.16. The molecular formula is C3H7F2N3S. The Morgan fingerprint density at radius 3 is 2.56 bits per heavy atom. The quantitative estimate of drug-likeness (QED) is 0.288. The number of hydrogen-bond acceptors (Lipinski definition) is 2. The average Bonchev–Trinajstić information content (AvgIpc) is 1.83. The molecule has 0 aromatic heterocycles. The van der Waals surface area contributed by atoms with E-state index in [4.69, 9.17) is 5.84 Å². The smallest absolute Gasteiger partial charge is 0.255 e. The van der Waals surface area contributed by atoms with Gasteiger partial charge in [-0.2, -0.15) is 0 Å². The fourth-order valence-corrected chi connectivity index (χ4v) is 0.304. The minimum atomic E-state index is -2.41. The lowest BCUT2D eigenvalue weighted by Gasteiger charge is -2.03. The summed E-state index contributed by atoms with van der Waals surface area (Å²) in [4.78, 5) is 0. The Balaban J connectivity index is 3.17. The van der Waals surface area contributed by atoms with Crippen molar-refractivity contribution in [2.75, 3.05) is 6.54 Å². The number of nitrogens with one attached hydrogen (secondary N) is 2. The van der Waals surface area contributed by atoms with Crippen LogP contribution in [-0.4, -0.2) is 18.1 Å². The highest BCUT2D eigenvalue weighted by Gasteiger charge is 2.00. The van der Waals surface area contributed by atoms with Crippen LogP contribution in [0.3, 0.4) is 0 Å². The van der Waals surface area contributed by atoms with Crippen LogP contribution in [0.15, 0.2) is 0 Å². The van der Waals surface area contributed by atoms with Gasteiger partial charge in [-0.1, -0.05) is 0 Å². The predicted octanol–water partition coefficient (Wildman–Crippen LogP) is -0.411. The summed E-state index contributed by atoms with van der Waals surface area (Å²) in [5.41, 5.74) is 2.01. The van der Waals surface area contributed by atoms with Gasteiger partial charge in [-0.05, 0) is 12.2 Å². The van der Waals surface area contributed by atoms with E-state index in [1.807, 2.05) is 5.43 Å². The lowest BCUT2D eigenvalue weighted by Crippen LogP contribution is -2.41. The molecule has 3 nitrogen and oxygen atoms in total. The summed E-state index contributed by atoms with van der Waals surface area (Å²) < 4.78 is 22.7. The minimum absolute atomic E-state index is 0.0234. The highest BCUT2D eigenvalue weighted by Crippen LogP contribution is 1.86. The third-order valence-corrected chi connectivity index (χ3v) is 0.810. The molecule has 9 heavy (non-hydrogen) atoms. The first-order valence-electron chi connectivity index (χ1n) is 2.19. The molecule has 0 unspecified atom stereocenters. The van der Waals surface area contributed by atoms with Crippen molar-refractivity contribution in [3.05, 3.63) is 0 Å². The first-order chi connectivity index (χ1) is 4.16. The van der Waals surface area contributed by atoms with Gasteiger partial charge in [0.2, 0.25) is 0 Å². The molecule has 6 heteroatoms. The van der Waals surface area contributed by atoms with Crippen LogP contribution in [0, 0.1) is 0 Å². The van der Waals surface area contributed by atoms with Crippen molar-refractivity contribution >= 4 is 17.3 Å². The molecule has 4 N–H and O–H groups in total. The second kappa shape index (κ2) is 4.39. The van der Waals surface area contributed by atoms with Crippen molar-refractivity contribution in [2.24, 2.45) is 5.84 Å². The van der Waals surface area contributed by atoms with Crippen molar-refractivity contribution in [2.45, 2.75) is 6.43 Å². The summed E-state index contributed by atoms with van der Waals surface area (Å²) in [7, 11) is 0. The highest BCUT2D eigenvalue weighted by molar-refractivity contribution is 7.80. The third-order valence-electron chi connectivity index (χ3n) is 0.548. The molecule has 0 spiro atoms. The van der Waals surface area contributed by atoms with Crippen molar-refractivity contribution in [3.63, 3.8) is 0 Å². The summed E-state index contributed by atoms with van der Waals surface area (Å²) >= 11 is 4.39. The first kappa shape index (κ1) is 8.51. The zero-order valence-corrected chi connectivity index (χ0v) is 5.34. The van der Waals surface area contributed by atoms with Gasteiger partial charge in [-0.15, -0.1) is 0 Å². The van der Waals surface area contributed by atoms with E-state index in [1.54, 1.807) is 0 Å². The molecule has 0 aliphatic heterocycles. The summed E-state index contributed by atoms with van der Waals surface area (Å²) in [5, 5.41) is 2.20. The van der Waals surface area contributed by atoms with E-state index in [0.717, 1.165) is 0 Å². The second-order valence-corrected chi connectivity index (χ2v) is 1.65. The van der Waals surface area contributed by atoms with E-state index >= 15 is 0 Å². The molecule has 0 fully saturated rings. The normalized spacial score (nSPS) is 9.33. The second-order valence-electron chi connectivity index (χ2n) is 1.25. The summed E-state index contributed by atoms with van der Waals surface area (Å²) in [6.45, 7) is -0.469. The van der Waals surface area contributed by atoms with Crippen LogP contribution in [0.25, 0.3) is 0 Å². The highest BCUT2D eigenvalue weighted by atomic mass is 32.1. The summed E-state index contributed by atoms with van der Waals surface area (Å²) in [6, 6.07) is 0. The first-order valence-corrected chi connectivity index (χ1v) is 2.60. The van der Waals surface area contributed by atoms with Gasteiger partial charge in [0.15, 0.2) is 5.11 Å². The standard InChI is InChI=1S/C3H7F2N3S/c4-2(5)1-7-3(9)8-6/h2H,1,6H2,(H2,7,8,9). The maximum Gasteiger partial charge on any atom is 0.255 e. The van der Waals surface area contributed by atoms with Gasteiger partial charge in [0.05, 0.1) is 6.54 Å². The van der Waals surface area contributed by atoms with E-state index in [9.17, 15) is 8.78 Å². The number of rotatable bonds is 2. The van der Waals surface area contributed by atoms with Crippen molar-refractivity contribution in [1.82, 2.24) is 10.7 Å². The summed E-state index contributed by atoms with van der Waals surface area (Å²) in [6.07, 6.45) is -2.41.